The fourth-order valence-electron chi connectivity index (χ4n) is 5.76. The maximum Gasteiger partial charge on any atom is 0.333 e. The van der Waals surface area contributed by atoms with E-state index in [0.717, 1.165) is 44.6 Å². The summed E-state index contributed by atoms with van der Waals surface area (Å²) in [6, 6.07) is 16.2. The van der Waals surface area contributed by atoms with Gasteiger partial charge in [0.25, 0.3) is 11.8 Å². The fourth-order valence-corrected chi connectivity index (χ4v) is 5.76. The van der Waals surface area contributed by atoms with Crippen LogP contribution in [0.5, 0.6) is 11.5 Å². The number of methoxy groups -OCH3 is 2. The number of carbonyl (C=O) groups excluding carboxylic acids is 3. The van der Waals surface area contributed by atoms with Gasteiger partial charge >= 0.3 is 5.97 Å². The van der Waals surface area contributed by atoms with E-state index >= 15 is 0 Å². The molecule has 2 amide bonds. The monoisotopic (exact) mass is 706 g/mol. The van der Waals surface area contributed by atoms with Gasteiger partial charge in [-0.2, -0.15) is 0 Å². The third kappa shape index (κ3) is 9.35. The second-order valence-corrected chi connectivity index (χ2v) is 11.8. The molecule has 0 atom stereocenters. The van der Waals surface area contributed by atoms with Gasteiger partial charge in [-0.1, -0.05) is 13.8 Å². The first-order chi connectivity index (χ1) is 24.5. The van der Waals surface area contributed by atoms with Crippen LogP contribution in [0.1, 0.15) is 46.5 Å². The van der Waals surface area contributed by atoms with Gasteiger partial charge in [0.2, 0.25) is 5.36 Å². The maximum absolute atomic E-state index is 12.5. The summed E-state index contributed by atoms with van der Waals surface area (Å²) in [5.41, 5.74) is 7.18. The Hall–Kier alpha value is -5.14. The van der Waals surface area contributed by atoms with Crippen LogP contribution in [0.3, 0.4) is 0 Å². The molecule has 2 heterocycles. The number of hydrogen-bond acceptors (Lipinski definition) is 11. The minimum Gasteiger partial charge on any atom is -0.497 e. The molecule has 0 saturated carbocycles. The molecule has 0 bridgehead atoms. The van der Waals surface area contributed by atoms with Crippen LogP contribution in [0.2, 0.25) is 0 Å². The number of nitrogens with one attached hydrogen (secondary N) is 1. The molecule has 3 aliphatic rings. The lowest BCUT2D eigenvalue weighted by Gasteiger charge is -2.30. The van der Waals surface area contributed by atoms with Crippen molar-refractivity contribution in [2.45, 2.75) is 46.5 Å². The SMILES string of the molecule is CC.CCN(CCCC(=O)ON1C(=O)CCC1=O)c1cc(OC)c(-c2c3ccc(=[N+](C)C)cc-3oc3cc(OC)ccc23)cc1N(C)C.CNO. The number of nitrogens with zero attached hydrogens (tertiary/aromatic N) is 4. The van der Waals surface area contributed by atoms with Crippen LogP contribution in [0.15, 0.2) is 52.9 Å². The van der Waals surface area contributed by atoms with Gasteiger partial charge in [0.05, 0.1) is 31.7 Å². The number of anilines is 2. The molecule has 1 saturated heterocycles. The van der Waals surface area contributed by atoms with Gasteiger partial charge in [0, 0.05) is 93.8 Å². The Morgan fingerprint density at radius 3 is 2.20 bits per heavy atom. The highest BCUT2D eigenvalue weighted by atomic mass is 16.7. The van der Waals surface area contributed by atoms with Crippen LogP contribution in [-0.4, -0.2) is 90.6 Å². The lowest BCUT2D eigenvalue weighted by Crippen LogP contribution is -2.32. The standard InChI is InChI=1S/C35H41N4O7.C2H6.CH5NO/c1-8-38(17-9-10-34(42)46-39-32(40)15-16-33(39)41)28-21-29(44-7)26(20-27(28)37(4)5)35-24-13-11-22(36(2)3)18-30(24)45-31-19-23(43-6)12-14-25(31)35;1-2;1-2-3/h11-14,18-21H,8-10,15-17H2,1-7H3;1-2H3;2-3H,1H3/q+1;;. The Labute approximate surface area is 299 Å². The van der Waals surface area contributed by atoms with Crippen molar-refractivity contribution < 1.29 is 38.3 Å². The van der Waals surface area contributed by atoms with Crippen molar-refractivity contribution in [2.75, 3.05) is 72.3 Å². The molecule has 276 valence electrons. The summed E-state index contributed by atoms with van der Waals surface area (Å²) < 4.78 is 20.1. The third-order valence-corrected chi connectivity index (χ3v) is 8.21. The predicted molar refractivity (Wildman–Crippen MR) is 199 cm³/mol. The minimum atomic E-state index is -0.609. The molecule has 13 nitrogen and oxygen atoms in total. The van der Waals surface area contributed by atoms with Crippen molar-refractivity contribution in [1.82, 2.24) is 15.1 Å². The van der Waals surface area contributed by atoms with E-state index in [1.807, 2.05) is 76.9 Å². The lowest BCUT2D eigenvalue weighted by molar-refractivity contribution is -0.197. The quantitative estimate of drug-likeness (QED) is 0.0927. The molecule has 1 fully saturated rings. The second kappa shape index (κ2) is 18.7. The summed E-state index contributed by atoms with van der Waals surface area (Å²) in [5, 5.41) is 9.85. The van der Waals surface area contributed by atoms with Gasteiger partial charge in [-0.05, 0) is 37.6 Å². The zero-order valence-electron chi connectivity index (χ0n) is 31.5. The van der Waals surface area contributed by atoms with Gasteiger partial charge in [0.15, 0.2) is 0 Å². The highest BCUT2D eigenvalue weighted by Crippen LogP contribution is 2.47. The van der Waals surface area contributed by atoms with Gasteiger partial charge in [0.1, 0.15) is 36.9 Å². The Kier molecular flexibility index (Phi) is 14.8. The normalized spacial score (nSPS) is 12.2. The van der Waals surface area contributed by atoms with E-state index < -0.39 is 17.8 Å². The number of ether oxygens (including phenoxy) is 2. The topological polar surface area (TPSA) is 137 Å². The molecule has 5 rings (SSSR count). The Balaban J connectivity index is 0.00000133. The van der Waals surface area contributed by atoms with E-state index in [-0.39, 0.29) is 19.3 Å². The Bertz CT molecular complexity index is 1850. The molecule has 0 spiro atoms. The van der Waals surface area contributed by atoms with E-state index in [1.54, 1.807) is 19.7 Å². The smallest absolute Gasteiger partial charge is 0.333 e. The van der Waals surface area contributed by atoms with E-state index in [9.17, 15) is 14.4 Å². The first-order valence-corrected chi connectivity index (χ1v) is 17.0. The molecule has 0 radical (unpaired) electrons. The number of rotatable bonds is 11. The van der Waals surface area contributed by atoms with Crippen molar-refractivity contribution in [2.24, 2.45) is 0 Å². The number of fused-ring (bicyclic) bond motifs is 2. The molecule has 13 heteroatoms. The molecule has 0 unspecified atom stereocenters. The van der Waals surface area contributed by atoms with Gasteiger partial charge < -0.3 is 33.7 Å². The number of imide groups is 1. The number of benzene rings is 3. The molecule has 2 aromatic carbocycles. The second-order valence-electron chi connectivity index (χ2n) is 11.8. The van der Waals surface area contributed by atoms with Crippen molar-refractivity contribution in [3.63, 3.8) is 0 Å². The van der Waals surface area contributed by atoms with Crippen molar-refractivity contribution in [3.05, 3.63) is 53.9 Å². The van der Waals surface area contributed by atoms with Crippen molar-refractivity contribution in [3.8, 4) is 33.9 Å². The maximum atomic E-state index is 12.5. The summed E-state index contributed by atoms with van der Waals surface area (Å²) in [6.45, 7) is 7.26. The molecular formula is C38H52N5O8+. The first kappa shape index (κ1) is 40.3. The summed E-state index contributed by atoms with van der Waals surface area (Å²) in [5.74, 6) is 0.540. The number of hydroxylamine groups is 3. The van der Waals surface area contributed by atoms with Crippen LogP contribution in [0, 0.1) is 0 Å². The predicted octanol–water partition coefficient (Wildman–Crippen LogP) is 5.15. The van der Waals surface area contributed by atoms with Crippen molar-refractivity contribution >= 4 is 40.1 Å². The summed E-state index contributed by atoms with van der Waals surface area (Å²) in [7, 11) is 12.7. The fraction of sp³-hybridized carbons (Fsp3) is 0.421. The molecule has 51 heavy (non-hydrogen) atoms. The van der Waals surface area contributed by atoms with Crippen LogP contribution in [0.25, 0.3) is 33.4 Å². The van der Waals surface area contributed by atoms with Crippen LogP contribution in [-0.2, 0) is 19.2 Å². The number of hydrogen-bond donors (Lipinski definition) is 2. The first-order valence-electron chi connectivity index (χ1n) is 17.0. The molecule has 2 aromatic rings. The number of amides is 2. The van der Waals surface area contributed by atoms with Gasteiger partial charge in [-0.25, -0.2) is 14.9 Å². The lowest BCUT2D eigenvalue weighted by atomic mass is 9.92. The largest absolute Gasteiger partial charge is 0.497 e. The van der Waals surface area contributed by atoms with Gasteiger partial charge in [-0.15, -0.1) is 5.06 Å². The zero-order chi connectivity index (χ0) is 37.8. The summed E-state index contributed by atoms with van der Waals surface area (Å²) in [4.78, 5) is 45.4. The van der Waals surface area contributed by atoms with E-state index in [4.69, 9.17) is 23.9 Å². The summed E-state index contributed by atoms with van der Waals surface area (Å²) in [6.07, 6.45) is 0.653. The highest BCUT2D eigenvalue weighted by Gasteiger charge is 2.33. The highest BCUT2D eigenvalue weighted by molar-refractivity contribution is 6.05. The average molecular weight is 707 g/mol. The average Bonchev–Trinajstić information content (AvgIpc) is 3.44. The minimum absolute atomic E-state index is 0.0595. The molecule has 2 N–H and O–H groups in total. The van der Waals surface area contributed by atoms with E-state index in [1.165, 1.54) is 7.05 Å². The van der Waals surface area contributed by atoms with E-state index in [2.05, 4.69) is 34.9 Å². The van der Waals surface area contributed by atoms with Crippen molar-refractivity contribution in [1.29, 1.82) is 0 Å². The van der Waals surface area contributed by atoms with E-state index in [0.29, 0.717) is 41.7 Å². The molecule has 0 aromatic heterocycles. The molecular weight excluding hydrogens is 654 g/mol. The third-order valence-electron chi connectivity index (χ3n) is 8.21. The van der Waals surface area contributed by atoms with Gasteiger partial charge in [-0.3, -0.25) is 9.59 Å². The summed E-state index contributed by atoms with van der Waals surface area (Å²) >= 11 is 0. The Morgan fingerprint density at radius 1 is 0.961 bits per heavy atom. The Morgan fingerprint density at radius 2 is 1.63 bits per heavy atom. The van der Waals surface area contributed by atoms with Crippen LogP contribution >= 0.6 is 0 Å². The van der Waals surface area contributed by atoms with Crippen LogP contribution in [0.4, 0.5) is 11.4 Å². The number of carbonyl (C=O) groups is 3. The molecule has 2 aliphatic heterocycles. The molecule has 1 aliphatic carbocycles. The zero-order valence-corrected chi connectivity index (χ0v) is 31.5. The van der Waals surface area contributed by atoms with Crippen LogP contribution < -0.4 is 34.7 Å².